The third-order valence-electron chi connectivity index (χ3n) is 5.39. The maximum atomic E-state index is 12.3. The summed E-state index contributed by atoms with van der Waals surface area (Å²) in [6, 6.07) is 10.1. The van der Waals surface area contributed by atoms with Gasteiger partial charge in [-0.2, -0.15) is 18.3 Å². The molecule has 0 saturated heterocycles. The molecule has 1 amide bonds. The lowest BCUT2D eigenvalue weighted by molar-refractivity contribution is -0.192. The van der Waals surface area contributed by atoms with Crippen molar-refractivity contribution in [2.75, 3.05) is 6.54 Å². The average molecular weight is 468 g/mol. The van der Waals surface area contributed by atoms with Crippen molar-refractivity contribution in [3.63, 3.8) is 0 Å². The molecular formula is C24H19F3N4O3. The molecule has 174 valence electrons. The monoisotopic (exact) mass is 468 g/mol. The van der Waals surface area contributed by atoms with E-state index in [1.165, 1.54) is 11.1 Å². The van der Waals surface area contributed by atoms with Crippen LogP contribution in [-0.4, -0.2) is 44.5 Å². The van der Waals surface area contributed by atoms with E-state index in [2.05, 4.69) is 41.2 Å². The van der Waals surface area contributed by atoms with Crippen molar-refractivity contribution in [1.82, 2.24) is 20.1 Å². The fourth-order valence-electron chi connectivity index (χ4n) is 3.73. The summed E-state index contributed by atoms with van der Waals surface area (Å²) in [5.41, 5.74) is 7.78. The van der Waals surface area contributed by atoms with Crippen LogP contribution in [0.15, 0.2) is 36.5 Å². The minimum Gasteiger partial charge on any atom is -0.475 e. The number of carboxylic acids is 1. The molecule has 5 rings (SSSR count). The average Bonchev–Trinajstić information content (AvgIpc) is 3.19. The molecule has 1 aliphatic carbocycles. The summed E-state index contributed by atoms with van der Waals surface area (Å²) in [4.78, 5) is 25.7. The molecule has 0 bridgehead atoms. The smallest absolute Gasteiger partial charge is 0.475 e. The zero-order valence-electron chi connectivity index (χ0n) is 18.0. The van der Waals surface area contributed by atoms with Crippen LogP contribution in [0.1, 0.15) is 38.4 Å². The summed E-state index contributed by atoms with van der Waals surface area (Å²) in [5.74, 6) is 3.55. The van der Waals surface area contributed by atoms with Gasteiger partial charge in [0.15, 0.2) is 0 Å². The van der Waals surface area contributed by atoms with Gasteiger partial charge in [-0.15, -0.1) is 0 Å². The van der Waals surface area contributed by atoms with Crippen molar-refractivity contribution in [1.29, 1.82) is 0 Å². The Bertz CT molecular complexity index is 1330. The number of nitrogens with one attached hydrogen (secondary N) is 1. The van der Waals surface area contributed by atoms with E-state index in [4.69, 9.17) is 15.0 Å². The molecule has 2 aliphatic rings. The van der Waals surface area contributed by atoms with Crippen LogP contribution in [0.3, 0.4) is 0 Å². The molecular weight excluding hydrogens is 449 g/mol. The van der Waals surface area contributed by atoms with Crippen molar-refractivity contribution in [2.24, 2.45) is 0 Å². The topological polar surface area (TPSA) is 97.1 Å². The molecule has 2 aromatic heterocycles. The van der Waals surface area contributed by atoms with Gasteiger partial charge in [0.2, 0.25) is 0 Å². The van der Waals surface area contributed by atoms with E-state index in [1.807, 2.05) is 29.1 Å². The Morgan fingerprint density at radius 3 is 2.56 bits per heavy atom. The number of aliphatic carboxylic acids is 1. The number of rotatable bonds is 0. The quantitative estimate of drug-likeness (QED) is 0.494. The molecule has 0 spiro atoms. The lowest BCUT2D eigenvalue weighted by Gasteiger charge is -2.17. The van der Waals surface area contributed by atoms with Crippen LogP contribution < -0.4 is 5.32 Å². The zero-order valence-corrected chi connectivity index (χ0v) is 18.0. The number of benzene rings is 1. The van der Waals surface area contributed by atoms with Crippen LogP contribution in [0, 0.1) is 18.8 Å². The highest BCUT2D eigenvalue weighted by Crippen LogP contribution is 2.35. The Labute approximate surface area is 192 Å². The van der Waals surface area contributed by atoms with E-state index in [9.17, 15) is 18.0 Å². The molecule has 7 nitrogen and oxygen atoms in total. The molecule has 10 heteroatoms. The second-order valence-corrected chi connectivity index (χ2v) is 7.80. The number of nitrogens with zero attached hydrogens (tertiary/aromatic N) is 3. The van der Waals surface area contributed by atoms with Gasteiger partial charge in [-0.3, -0.25) is 9.48 Å². The van der Waals surface area contributed by atoms with E-state index in [0.29, 0.717) is 18.8 Å². The maximum Gasteiger partial charge on any atom is 0.490 e. The number of aryl methyl sites for hydroxylation is 2. The van der Waals surface area contributed by atoms with Gasteiger partial charge in [-0.1, -0.05) is 23.6 Å². The number of pyridine rings is 1. The van der Waals surface area contributed by atoms with Crippen LogP contribution >= 0.6 is 0 Å². The summed E-state index contributed by atoms with van der Waals surface area (Å²) >= 11 is 0. The normalized spacial score (nSPS) is 13.7. The van der Waals surface area contributed by atoms with Crippen LogP contribution in [0.25, 0.3) is 11.3 Å². The molecule has 0 atom stereocenters. The molecule has 0 radical (unpaired) electrons. The lowest BCUT2D eigenvalue weighted by atomic mass is 9.89. The molecule has 0 fully saturated rings. The molecule has 1 aromatic carbocycles. The first-order chi connectivity index (χ1) is 16.1. The van der Waals surface area contributed by atoms with E-state index in [0.717, 1.165) is 40.9 Å². The standard InChI is InChI=1S/C22H18N4O.C2HF3O2/c1-14-2-4-15(5-3-14)6-8-17-12-19-16(13-24-17)7-9-18-20(19)25-26-11-10-23-22(27)21(18)26;3-2(4,5)1(6)7/h2-5,12-13H,7,9-11H2,1H3,(H,23,27);(H,6,7). The number of hydrogen-bond donors (Lipinski definition) is 2. The lowest BCUT2D eigenvalue weighted by Crippen LogP contribution is -2.36. The van der Waals surface area contributed by atoms with Crippen molar-refractivity contribution >= 4 is 11.9 Å². The molecule has 34 heavy (non-hydrogen) atoms. The van der Waals surface area contributed by atoms with Gasteiger partial charge in [-0.05, 0) is 49.4 Å². The zero-order chi connectivity index (χ0) is 24.5. The number of halogens is 3. The van der Waals surface area contributed by atoms with Crippen molar-refractivity contribution in [3.8, 4) is 23.1 Å². The van der Waals surface area contributed by atoms with Crippen LogP contribution in [0.4, 0.5) is 13.2 Å². The van der Waals surface area contributed by atoms with Gasteiger partial charge in [0.05, 0.1) is 12.2 Å². The van der Waals surface area contributed by atoms with E-state index >= 15 is 0 Å². The van der Waals surface area contributed by atoms with Crippen LogP contribution in [0.2, 0.25) is 0 Å². The first kappa shape index (κ1) is 23.0. The number of aromatic nitrogens is 3. The highest BCUT2D eigenvalue weighted by Gasteiger charge is 2.38. The van der Waals surface area contributed by atoms with Crippen molar-refractivity contribution in [3.05, 3.63) is 70.2 Å². The van der Waals surface area contributed by atoms with Crippen LogP contribution in [0.5, 0.6) is 0 Å². The number of carboxylic acid groups (broad SMARTS) is 1. The molecule has 2 N–H and O–H groups in total. The minimum atomic E-state index is -5.08. The third kappa shape index (κ3) is 4.78. The van der Waals surface area contributed by atoms with E-state index < -0.39 is 12.1 Å². The predicted molar refractivity (Wildman–Crippen MR) is 116 cm³/mol. The van der Waals surface area contributed by atoms with Gasteiger partial charge in [0.25, 0.3) is 5.91 Å². The van der Waals surface area contributed by atoms with E-state index in [-0.39, 0.29) is 5.91 Å². The molecule has 3 aromatic rings. The molecule has 3 heterocycles. The Kier molecular flexibility index (Phi) is 6.11. The summed E-state index contributed by atoms with van der Waals surface area (Å²) in [6.07, 6.45) is -1.50. The molecule has 0 saturated carbocycles. The summed E-state index contributed by atoms with van der Waals surface area (Å²) in [6.45, 7) is 3.40. The van der Waals surface area contributed by atoms with Gasteiger partial charge in [0.1, 0.15) is 11.4 Å². The Morgan fingerprint density at radius 1 is 1.18 bits per heavy atom. The number of carbonyl (C=O) groups is 2. The first-order valence-corrected chi connectivity index (χ1v) is 10.4. The van der Waals surface area contributed by atoms with Crippen molar-refractivity contribution < 1.29 is 27.9 Å². The van der Waals surface area contributed by atoms with Gasteiger partial charge < -0.3 is 10.4 Å². The van der Waals surface area contributed by atoms with Crippen LogP contribution in [-0.2, 0) is 24.2 Å². The number of alkyl halides is 3. The second kappa shape index (κ2) is 9.02. The molecule has 0 unspecified atom stereocenters. The van der Waals surface area contributed by atoms with Gasteiger partial charge >= 0.3 is 12.1 Å². The summed E-state index contributed by atoms with van der Waals surface area (Å²) in [7, 11) is 0. The maximum absolute atomic E-state index is 12.3. The number of carbonyl (C=O) groups excluding carboxylic acids is 1. The summed E-state index contributed by atoms with van der Waals surface area (Å²) in [5, 5.41) is 14.8. The summed E-state index contributed by atoms with van der Waals surface area (Å²) < 4.78 is 33.6. The number of hydrogen-bond acceptors (Lipinski definition) is 4. The third-order valence-corrected chi connectivity index (χ3v) is 5.39. The predicted octanol–water partition coefficient (Wildman–Crippen LogP) is 3.13. The fraction of sp³-hybridized carbons (Fsp3) is 0.250. The van der Waals surface area contributed by atoms with Gasteiger partial charge in [0, 0.05) is 29.4 Å². The fourth-order valence-corrected chi connectivity index (χ4v) is 3.73. The van der Waals surface area contributed by atoms with Crippen molar-refractivity contribution in [2.45, 2.75) is 32.5 Å². The Morgan fingerprint density at radius 2 is 1.88 bits per heavy atom. The largest absolute Gasteiger partial charge is 0.490 e. The first-order valence-electron chi connectivity index (χ1n) is 10.4. The highest BCUT2D eigenvalue weighted by molar-refractivity contribution is 5.97. The minimum absolute atomic E-state index is 0.0214. The number of amides is 1. The van der Waals surface area contributed by atoms with Gasteiger partial charge in [-0.25, -0.2) is 9.78 Å². The van der Waals surface area contributed by atoms with E-state index in [1.54, 1.807) is 0 Å². The Hall–Kier alpha value is -4.13. The SMILES string of the molecule is Cc1ccc(C#Cc2cc3c(cn2)CCc2c-3nn3c2C(=O)NCC3)cc1.O=C(O)C(F)(F)F. The second-order valence-electron chi connectivity index (χ2n) is 7.80. The molecule has 1 aliphatic heterocycles. The highest BCUT2D eigenvalue weighted by atomic mass is 19.4. The number of fused-ring (bicyclic) bond motifs is 5. The Balaban J connectivity index is 0.000000344.